The maximum absolute atomic E-state index is 14.2. The molecule has 6 nitrogen and oxygen atoms in total. The van der Waals surface area contributed by atoms with Gasteiger partial charge in [0.05, 0.1) is 23.3 Å². The SMILES string of the molecule is CCOC(=O)c1cnn2c(C(=O)O)c(Cc3cccc(F)c3C)c(-c3ccccc3)c2c1Cl. The molecular formula is C25H20ClFN2O4. The zero-order valence-corrected chi connectivity index (χ0v) is 18.7. The molecule has 2 aromatic heterocycles. The molecule has 0 aliphatic carbocycles. The van der Waals surface area contributed by atoms with Gasteiger partial charge in [0, 0.05) is 12.0 Å². The average Bonchev–Trinajstić information content (AvgIpc) is 3.12. The summed E-state index contributed by atoms with van der Waals surface area (Å²) in [5.41, 5.74) is 2.88. The van der Waals surface area contributed by atoms with Crippen LogP contribution >= 0.6 is 11.6 Å². The molecule has 4 aromatic rings. The van der Waals surface area contributed by atoms with Gasteiger partial charge in [-0.15, -0.1) is 0 Å². The second kappa shape index (κ2) is 9.03. The van der Waals surface area contributed by atoms with Gasteiger partial charge in [-0.25, -0.2) is 18.5 Å². The number of aromatic nitrogens is 2. The van der Waals surface area contributed by atoms with Gasteiger partial charge in [0.25, 0.3) is 0 Å². The fourth-order valence-electron chi connectivity index (χ4n) is 3.92. The second-order valence-corrected chi connectivity index (χ2v) is 7.81. The van der Waals surface area contributed by atoms with Crippen LogP contribution in [0.4, 0.5) is 4.39 Å². The lowest BCUT2D eigenvalue weighted by Gasteiger charge is -2.10. The first-order valence-electron chi connectivity index (χ1n) is 10.3. The Balaban J connectivity index is 2.10. The van der Waals surface area contributed by atoms with E-state index in [1.165, 1.54) is 16.8 Å². The van der Waals surface area contributed by atoms with Crippen molar-refractivity contribution in [3.63, 3.8) is 0 Å². The Morgan fingerprint density at radius 3 is 2.55 bits per heavy atom. The van der Waals surface area contributed by atoms with Crippen LogP contribution in [0.2, 0.25) is 5.02 Å². The number of carbonyl (C=O) groups is 2. The number of carbonyl (C=O) groups excluding carboxylic acids is 1. The number of ether oxygens (including phenoxy) is 1. The zero-order valence-electron chi connectivity index (χ0n) is 17.9. The average molecular weight is 467 g/mol. The summed E-state index contributed by atoms with van der Waals surface area (Å²) < 4.78 is 20.5. The van der Waals surface area contributed by atoms with Crippen molar-refractivity contribution in [2.45, 2.75) is 20.3 Å². The highest BCUT2D eigenvalue weighted by molar-refractivity contribution is 6.37. The van der Waals surface area contributed by atoms with Gasteiger partial charge in [-0.1, -0.05) is 54.1 Å². The van der Waals surface area contributed by atoms with E-state index in [1.54, 1.807) is 26.0 Å². The standard InChI is InChI=1S/C25H20ClFN2O4/c1-3-33-25(32)18-13-28-29-22(24(30)31)17(12-16-10-7-11-19(27)14(16)2)20(23(29)21(18)26)15-8-5-4-6-9-15/h4-11,13H,3,12H2,1-2H3,(H,30,31). The van der Waals surface area contributed by atoms with Crippen molar-refractivity contribution in [3.8, 4) is 11.1 Å². The molecule has 0 saturated carbocycles. The molecule has 0 unspecified atom stereocenters. The minimum absolute atomic E-state index is 0.0334. The van der Waals surface area contributed by atoms with E-state index in [2.05, 4.69) is 5.10 Å². The smallest absolute Gasteiger partial charge is 0.354 e. The van der Waals surface area contributed by atoms with Crippen molar-refractivity contribution in [1.82, 2.24) is 9.61 Å². The Labute approximate surface area is 194 Å². The van der Waals surface area contributed by atoms with E-state index in [9.17, 15) is 19.1 Å². The summed E-state index contributed by atoms with van der Waals surface area (Å²) in [6, 6.07) is 13.8. The monoisotopic (exact) mass is 466 g/mol. The molecule has 168 valence electrons. The molecule has 2 aromatic carbocycles. The van der Waals surface area contributed by atoms with Crippen molar-refractivity contribution >= 4 is 29.1 Å². The van der Waals surface area contributed by atoms with Gasteiger partial charge >= 0.3 is 11.9 Å². The number of carboxylic acid groups (broad SMARTS) is 1. The molecule has 2 heterocycles. The van der Waals surface area contributed by atoms with Gasteiger partial charge in [0.1, 0.15) is 11.4 Å². The number of hydrogen-bond donors (Lipinski definition) is 1. The first kappa shape index (κ1) is 22.5. The second-order valence-electron chi connectivity index (χ2n) is 7.43. The zero-order chi connectivity index (χ0) is 23.7. The lowest BCUT2D eigenvalue weighted by molar-refractivity contribution is 0.0525. The maximum atomic E-state index is 14.2. The summed E-state index contributed by atoms with van der Waals surface area (Å²) in [5.74, 6) is -2.25. The Morgan fingerprint density at radius 1 is 1.15 bits per heavy atom. The molecule has 0 aliphatic rings. The van der Waals surface area contributed by atoms with E-state index in [0.29, 0.717) is 27.8 Å². The minimum Gasteiger partial charge on any atom is -0.477 e. The molecule has 0 aliphatic heterocycles. The van der Waals surface area contributed by atoms with Gasteiger partial charge in [0.15, 0.2) is 5.69 Å². The number of hydrogen-bond acceptors (Lipinski definition) is 4. The molecule has 0 fully saturated rings. The molecular weight excluding hydrogens is 447 g/mol. The summed E-state index contributed by atoms with van der Waals surface area (Å²) in [7, 11) is 0. The highest BCUT2D eigenvalue weighted by atomic mass is 35.5. The lowest BCUT2D eigenvalue weighted by atomic mass is 9.93. The van der Waals surface area contributed by atoms with Crippen LogP contribution in [0.1, 0.15) is 44.5 Å². The molecule has 0 amide bonds. The molecule has 0 radical (unpaired) electrons. The Hall–Kier alpha value is -3.71. The van der Waals surface area contributed by atoms with Crippen molar-refractivity contribution in [2.75, 3.05) is 6.61 Å². The van der Waals surface area contributed by atoms with Gasteiger partial charge in [-0.3, -0.25) is 0 Å². The number of fused-ring (bicyclic) bond motifs is 1. The third kappa shape index (κ3) is 3.96. The normalized spacial score (nSPS) is 11.0. The first-order chi connectivity index (χ1) is 15.8. The number of aromatic carboxylic acids is 1. The van der Waals surface area contributed by atoms with E-state index in [1.807, 2.05) is 30.3 Å². The Kier molecular flexibility index (Phi) is 6.16. The van der Waals surface area contributed by atoms with Crippen LogP contribution in [0, 0.1) is 12.7 Å². The Morgan fingerprint density at radius 2 is 1.88 bits per heavy atom. The first-order valence-corrected chi connectivity index (χ1v) is 10.6. The topological polar surface area (TPSA) is 80.9 Å². The molecule has 0 spiro atoms. The number of halogens is 2. The molecule has 0 saturated heterocycles. The van der Waals surface area contributed by atoms with Crippen LogP contribution in [0.3, 0.4) is 0 Å². The predicted molar refractivity (Wildman–Crippen MR) is 122 cm³/mol. The summed E-state index contributed by atoms with van der Waals surface area (Å²) in [6.45, 7) is 3.47. The van der Waals surface area contributed by atoms with E-state index in [0.717, 1.165) is 0 Å². The molecule has 33 heavy (non-hydrogen) atoms. The number of esters is 1. The quantitative estimate of drug-likeness (QED) is 0.376. The highest BCUT2D eigenvalue weighted by Crippen LogP contribution is 2.39. The third-order valence-electron chi connectivity index (χ3n) is 5.50. The van der Waals surface area contributed by atoms with Crippen molar-refractivity contribution in [2.24, 2.45) is 0 Å². The van der Waals surface area contributed by atoms with Crippen molar-refractivity contribution in [1.29, 1.82) is 0 Å². The molecule has 0 atom stereocenters. The van der Waals surface area contributed by atoms with E-state index >= 15 is 0 Å². The van der Waals surface area contributed by atoms with E-state index in [4.69, 9.17) is 16.3 Å². The molecule has 1 N–H and O–H groups in total. The van der Waals surface area contributed by atoms with Crippen molar-refractivity contribution in [3.05, 3.63) is 93.5 Å². The fraction of sp³-hybridized carbons (Fsp3) is 0.160. The minimum atomic E-state index is -1.22. The van der Waals surface area contributed by atoms with E-state index in [-0.39, 0.29) is 40.6 Å². The largest absolute Gasteiger partial charge is 0.477 e. The van der Waals surface area contributed by atoms with Gasteiger partial charge in [-0.2, -0.15) is 5.10 Å². The lowest BCUT2D eigenvalue weighted by Crippen LogP contribution is -2.11. The van der Waals surface area contributed by atoms with Crippen LogP contribution in [0.5, 0.6) is 0 Å². The highest BCUT2D eigenvalue weighted by Gasteiger charge is 2.29. The molecule has 4 rings (SSSR count). The van der Waals surface area contributed by atoms with Crippen molar-refractivity contribution < 1.29 is 23.8 Å². The fourth-order valence-corrected chi connectivity index (χ4v) is 4.22. The molecule has 0 bridgehead atoms. The van der Waals surface area contributed by atoms with Gasteiger partial charge < -0.3 is 9.84 Å². The number of rotatable bonds is 6. The van der Waals surface area contributed by atoms with E-state index < -0.39 is 11.9 Å². The van der Waals surface area contributed by atoms with Crippen LogP contribution in [0.25, 0.3) is 16.6 Å². The summed E-state index contributed by atoms with van der Waals surface area (Å²) in [4.78, 5) is 24.8. The summed E-state index contributed by atoms with van der Waals surface area (Å²) in [5, 5.41) is 14.4. The van der Waals surface area contributed by atoms with Crippen LogP contribution in [-0.2, 0) is 11.2 Å². The third-order valence-corrected chi connectivity index (χ3v) is 5.88. The van der Waals surface area contributed by atoms with Crippen LogP contribution < -0.4 is 0 Å². The van der Waals surface area contributed by atoms with Gasteiger partial charge in [-0.05, 0) is 42.2 Å². The number of benzene rings is 2. The number of nitrogens with zero attached hydrogens (tertiary/aromatic N) is 2. The summed E-state index contributed by atoms with van der Waals surface area (Å²) in [6.07, 6.45) is 1.33. The van der Waals surface area contributed by atoms with Crippen LogP contribution in [-0.4, -0.2) is 33.3 Å². The predicted octanol–water partition coefficient (Wildman–Crippen LogP) is 5.57. The summed E-state index contributed by atoms with van der Waals surface area (Å²) >= 11 is 6.66. The number of carboxylic acids is 1. The molecule has 8 heteroatoms. The maximum Gasteiger partial charge on any atom is 0.354 e. The van der Waals surface area contributed by atoms with Crippen LogP contribution in [0.15, 0.2) is 54.7 Å². The Bertz CT molecular complexity index is 1380. The van der Waals surface area contributed by atoms with Gasteiger partial charge in [0.2, 0.25) is 0 Å².